The van der Waals surface area contributed by atoms with Crippen molar-refractivity contribution in [3.63, 3.8) is 0 Å². The number of carbonyl (C=O) groups excluding carboxylic acids is 3. The molecule has 0 spiro atoms. The van der Waals surface area contributed by atoms with Crippen molar-refractivity contribution in [2.45, 2.75) is 194 Å². The van der Waals surface area contributed by atoms with Crippen LogP contribution in [-0.2, 0) is 28.6 Å². The average Bonchev–Trinajstić information content (AvgIpc) is 3.26. The second kappa shape index (κ2) is 48.5. The number of rotatable bonds is 41. The number of esters is 3. The van der Waals surface area contributed by atoms with Crippen LogP contribution in [0.3, 0.4) is 0 Å². The van der Waals surface area contributed by atoms with Crippen molar-refractivity contribution in [2.24, 2.45) is 0 Å². The number of allylic oxidation sites excluding steroid dienone is 20. The molecule has 0 aliphatic rings. The van der Waals surface area contributed by atoms with Gasteiger partial charge in [-0.15, -0.1) is 0 Å². The number of ether oxygens (including phenoxy) is 3. The van der Waals surface area contributed by atoms with Crippen LogP contribution in [0.1, 0.15) is 188 Å². The molecule has 0 saturated carbocycles. The summed E-state index contributed by atoms with van der Waals surface area (Å²) >= 11 is 0. The molecule has 0 radical (unpaired) electrons. The van der Waals surface area contributed by atoms with Crippen molar-refractivity contribution in [2.75, 3.05) is 13.2 Å². The topological polar surface area (TPSA) is 78.9 Å². The van der Waals surface area contributed by atoms with Crippen molar-refractivity contribution in [1.29, 1.82) is 0 Å². The van der Waals surface area contributed by atoms with Crippen LogP contribution in [-0.4, -0.2) is 37.2 Å². The predicted molar refractivity (Wildman–Crippen MR) is 260 cm³/mol. The normalized spacial score (nSPS) is 13.2. The van der Waals surface area contributed by atoms with Gasteiger partial charge in [0.25, 0.3) is 0 Å². The Balaban J connectivity index is 4.55. The molecule has 0 saturated heterocycles. The van der Waals surface area contributed by atoms with Crippen molar-refractivity contribution in [1.82, 2.24) is 0 Å². The fourth-order valence-electron chi connectivity index (χ4n) is 5.93. The molecular weight excluding hydrogens is 757 g/mol. The molecule has 0 aromatic carbocycles. The van der Waals surface area contributed by atoms with Gasteiger partial charge in [-0.05, 0) is 96.3 Å². The average molecular weight is 843 g/mol. The summed E-state index contributed by atoms with van der Waals surface area (Å²) in [6.45, 7) is 6.26. The van der Waals surface area contributed by atoms with Gasteiger partial charge in [0.1, 0.15) is 13.2 Å². The highest BCUT2D eigenvalue weighted by Gasteiger charge is 2.19. The third kappa shape index (κ3) is 46.7. The molecule has 0 bridgehead atoms. The van der Waals surface area contributed by atoms with Crippen LogP contribution in [0.25, 0.3) is 0 Å². The molecule has 0 heterocycles. The fourth-order valence-corrected chi connectivity index (χ4v) is 5.93. The maximum absolute atomic E-state index is 12.7. The molecule has 0 amide bonds. The van der Waals surface area contributed by atoms with E-state index in [1.165, 1.54) is 38.5 Å². The molecule has 0 aromatic heterocycles. The van der Waals surface area contributed by atoms with Gasteiger partial charge in [0, 0.05) is 19.3 Å². The molecule has 0 aliphatic heterocycles. The maximum Gasteiger partial charge on any atom is 0.306 e. The van der Waals surface area contributed by atoms with Crippen LogP contribution in [0.2, 0.25) is 0 Å². The van der Waals surface area contributed by atoms with Crippen LogP contribution in [0, 0.1) is 0 Å². The summed E-state index contributed by atoms with van der Waals surface area (Å²) in [5.74, 6) is -1.07. The minimum atomic E-state index is -0.830. The van der Waals surface area contributed by atoms with E-state index in [0.717, 1.165) is 96.3 Å². The van der Waals surface area contributed by atoms with E-state index in [1.807, 2.05) is 12.2 Å². The highest BCUT2D eigenvalue weighted by molar-refractivity contribution is 5.71. The monoisotopic (exact) mass is 843 g/mol. The molecule has 6 nitrogen and oxygen atoms in total. The van der Waals surface area contributed by atoms with Gasteiger partial charge in [0.05, 0.1) is 0 Å². The van der Waals surface area contributed by atoms with Crippen molar-refractivity contribution in [3.05, 3.63) is 122 Å². The quantitative estimate of drug-likeness (QED) is 0.0264. The predicted octanol–water partition coefficient (Wildman–Crippen LogP) is 15.7. The lowest BCUT2D eigenvalue weighted by Gasteiger charge is -2.18. The Kier molecular flexibility index (Phi) is 45.1. The summed E-state index contributed by atoms with van der Waals surface area (Å²) in [5.41, 5.74) is 0. The Morgan fingerprint density at radius 3 is 1.10 bits per heavy atom. The van der Waals surface area contributed by atoms with Crippen molar-refractivity contribution < 1.29 is 28.6 Å². The number of carbonyl (C=O) groups is 3. The molecule has 342 valence electrons. The molecule has 6 heteroatoms. The molecule has 61 heavy (non-hydrogen) atoms. The standard InChI is InChI=1S/C55H86O6/c1-4-7-10-13-16-19-21-23-25-26-27-28-30-31-33-36-39-42-45-48-54(57)60-51-52(50-59-53(56)47-44-41-38-35-18-15-12-9-6-3)61-55(58)49-46-43-40-37-34-32-29-24-22-20-17-14-11-8-5-2/h7-8,10-11,16-17,19-20,23-25,27-29,31,33-34,37,39,42,52H,4-6,9,12-15,18,21-22,26,30,32,35-36,38,40-41,43-51H2,1-3H3/b10-7-,11-8-,19-16-,20-17-,25-23-,28-27-,29-24-,33-31-,37-34-,42-39-/t52-/m1/s1. The zero-order valence-electron chi connectivity index (χ0n) is 38.9. The number of hydrogen-bond donors (Lipinski definition) is 0. The van der Waals surface area contributed by atoms with E-state index in [2.05, 4.69) is 130 Å². The Hall–Kier alpha value is -4.19. The van der Waals surface area contributed by atoms with Crippen LogP contribution in [0.15, 0.2) is 122 Å². The first-order chi connectivity index (χ1) is 30.0. The first-order valence-electron chi connectivity index (χ1n) is 24.0. The van der Waals surface area contributed by atoms with Crippen LogP contribution in [0.4, 0.5) is 0 Å². The van der Waals surface area contributed by atoms with E-state index in [9.17, 15) is 14.4 Å². The minimum absolute atomic E-state index is 0.121. The third-order valence-corrected chi connectivity index (χ3v) is 9.48. The molecule has 0 fully saturated rings. The first-order valence-corrected chi connectivity index (χ1v) is 24.0. The fraction of sp³-hybridized carbons (Fsp3) is 0.582. The Bertz CT molecular complexity index is 1340. The second-order valence-electron chi connectivity index (χ2n) is 15.3. The SMILES string of the molecule is CC/C=C\C/C=C\C/C=C\C/C=C\C/C=C\C/C=C\CCC(=O)OC[C@@H](COC(=O)CCCCCCCCCCC)OC(=O)CCCC/C=C\C/C=C\C/C=C\C/C=C\CC. The van der Waals surface area contributed by atoms with E-state index in [1.54, 1.807) is 0 Å². The maximum atomic E-state index is 12.7. The van der Waals surface area contributed by atoms with E-state index >= 15 is 0 Å². The van der Waals surface area contributed by atoms with Crippen molar-refractivity contribution in [3.8, 4) is 0 Å². The highest BCUT2D eigenvalue weighted by Crippen LogP contribution is 2.12. The molecule has 0 aromatic rings. The van der Waals surface area contributed by atoms with Gasteiger partial charge in [0.2, 0.25) is 0 Å². The van der Waals surface area contributed by atoms with E-state index < -0.39 is 6.10 Å². The Morgan fingerprint density at radius 2 is 0.672 bits per heavy atom. The van der Waals surface area contributed by atoms with Gasteiger partial charge in [-0.1, -0.05) is 194 Å². The summed E-state index contributed by atoms with van der Waals surface area (Å²) < 4.78 is 16.6. The lowest BCUT2D eigenvalue weighted by atomic mass is 10.1. The summed E-state index contributed by atoms with van der Waals surface area (Å²) in [7, 11) is 0. The zero-order chi connectivity index (χ0) is 44.4. The first kappa shape index (κ1) is 56.8. The van der Waals surface area contributed by atoms with Crippen LogP contribution in [0.5, 0.6) is 0 Å². The summed E-state index contributed by atoms with van der Waals surface area (Å²) in [5, 5.41) is 0. The molecule has 0 N–H and O–H groups in total. The van der Waals surface area contributed by atoms with E-state index in [-0.39, 0.29) is 44.0 Å². The second-order valence-corrected chi connectivity index (χ2v) is 15.3. The third-order valence-electron chi connectivity index (χ3n) is 9.48. The van der Waals surface area contributed by atoms with E-state index in [4.69, 9.17) is 14.2 Å². The lowest BCUT2D eigenvalue weighted by molar-refractivity contribution is -0.166. The molecule has 0 aliphatic carbocycles. The summed E-state index contributed by atoms with van der Waals surface area (Å²) in [6.07, 6.45) is 66.3. The minimum Gasteiger partial charge on any atom is -0.462 e. The number of hydrogen-bond acceptors (Lipinski definition) is 6. The highest BCUT2D eigenvalue weighted by atomic mass is 16.6. The van der Waals surface area contributed by atoms with Crippen LogP contribution < -0.4 is 0 Å². The number of unbranched alkanes of at least 4 members (excludes halogenated alkanes) is 10. The summed E-state index contributed by atoms with van der Waals surface area (Å²) in [6, 6.07) is 0. The van der Waals surface area contributed by atoms with Gasteiger partial charge < -0.3 is 14.2 Å². The molecular formula is C55H86O6. The zero-order valence-corrected chi connectivity index (χ0v) is 38.9. The Morgan fingerprint density at radius 1 is 0.344 bits per heavy atom. The largest absolute Gasteiger partial charge is 0.462 e. The van der Waals surface area contributed by atoms with Crippen LogP contribution >= 0.6 is 0 Å². The van der Waals surface area contributed by atoms with Crippen molar-refractivity contribution >= 4 is 17.9 Å². The molecule has 0 unspecified atom stereocenters. The Labute approximate surface area is 373 Å². The molecule has 0 rings (SSSR count). The van der Waals surface area contributed by atoms with E-state index in [0.29, 0.717) is 19.3 Å². The van der Waals surface area contributed by atoms with Gasteiger partial charge >= 0.3 is 17.9 Å². The van der Waals surface area contributed by atoms with Gasteiger partial charge in [-0.2, -0.15) is 0 Å². The lowest BCUT2D eigenvalue weighted by Crippen LogP contribution is -2.30. The molecule has 1 atom stereocenters. The van der Waals surface area contributed by atoms with Gasteiger partial charge in [-0.3, -0.25) is 14.4 Å². The smallest absolute Gasteiger partial charge is 0.306 e. The summed E-state index contributed by atoms with van der Waals surface area (Å²) in [4.78, 5) is 37.8. The van der Waals surface area contributed by atoms with Gasteiger partial charge in [-0.25, -0.2) is 0 Å². The van der Waals surface area contributed by atoms with Gasteiger partial charge in [0.15, 0.2) is 6.10 Å².